The summed E-state index contributed by atoms with van der Waals surface area (Å²) in [6.45, 7) is 4.01. The van der Waals surface area contributed by atoms with Gasteiger partial charge in [0.2, 0.25) is 5.91 Å². The van der Waals surface area contributed by atoms with Gasteiger partial charge in [0, 0.05) is 6.04 Å². The van der Waals surface area contributed by atoms with Crippen LogP contribution in [-0.2, 0) is 14.3 Å². The van der Waals surface area contributed by atoms with E-state index in [0.29, 0.717) is 24.2 Å². The number of amides is 1. The molecule has 0 aromatic heterocycles. The summed E-state index contributed by atoms with van der Waals surface area (Å²) in [6, 6.07) is 0.939. The lowest BCUT2D eigenvalue weighted by molar-refractivity contribution is -0.207. The van der Waals surface area contributed by atoms with E-state index in [1.807, 2.05) is 13.8 Å². The molecular formula is C24H36N4O3. The van der Waals surface area contributed by atoms with Crippen LogP contribution in [0, 0.1) is 40.4 Å². The minimum atomic E-state index is -0.630. The molecule has 1 heterocycles. The Morgan fingerprint density at radius 2 is 1.84 bits per heavy atom. The Morgan fingerprint density at radius 3 is 2.45 bits per heavy atom. The summed E-state index contributed by atoms with van der Waals surface area (Å²) in [5.41, 5.74) is 12.1. The highest BCUT2D eigenvalue weighted by Crippen LogP contribution is 2.64. The molecule has 170 valence electrons. The summed E-state index contributed by atoms with van der Waals surface area (Å²) in [5, 5.41) is 9.54. The quantitative estimate of drug-likeness (QED) is 0.625. The molecule has 4 N–H and O–H groups in total. The first-order valence-electron chi connectivity index (χ1n) is 12.2. The number of carbonyl (C=O) groups excluding carboxylic acids is 2. The number of nitrogens with two attached hydrogens (primary N) is 2. The molecule has 0 spiro atoms. The smallest absolute Gasteiger partial charge is 0.323 e. The number of nitrogens with zero attached hydrogens (tertiary/aromatic N) is 2. The molecule has 4 bridgehead atoms. The number of hydrogen-bond acceptors (Lipinski definition) is 6. The molecule has 1 amide bonds. The van der Waals surface area contributed by atoms with Crippen molar-refractivity contribution in [3.05, 3.63) is 0 Å². The van der Waals surface area contributed by atoms with E-state index in [1.165, 1.54) is 0 Å². The number of fused-ring (bicyclic) bond motifs is 1. The summed E-state index contributed by atoms with van der Waals surface area (Å²) < 4.78 is 6.19. The molecule has 7 heteroatoms. The summed E-state index contributed by atoms with van der Waals surface area (Å²) in [5.74, 6) is 1.06. The molecule has 6 aliphatic rings. The van der Waals surface area contributed by atoms with Crippen molar-refractivity contribution in [1.82, 2.24) is 4.90 Å². The van der Waals surface area contributed by atoms with Gasteiger partial charge in [0.15, 0.2) is 0 Å². The number of rotatable bonds is 6. The van der Waals surface area contributed by atoms with Gasteiger partial charge in [-0.3, -0.25) is 9.59 Å². The second kappa shape index (κ2) is 7.18. The van der Waals surface area contributed by atoms with Gasteiger partial charge in [0.25, 0.3) is 0 Å². The van der Waals surface area contributed by atoms with Crippen molar-refractivity contribution in [2.24, 2.45) is 40.6 Å². The molecule has 7 nitrogen and oxygen atoms in total. The zero-order valence-electron chi connectivity index (χ0n) is 18.8. The van der Waals surface area contributed by atoms with E-state index in [0.717, 1.165) is 51.4 Å². The maximum atomic E-state index is 13.6. The van der Waals surface area contributed by atoms with Crippen LogP contribution in [0.25, 0.3) is 0 Å². The van der Waals surface area contributed by atoms with E-state index < -0.39 is 17.7 Å². The Balaban J connectivity index is 1.37. The fraction of sp³-hybridized carbons (Fsp3) is 0.875. The maximum Gasteiger partial charge on any atom is 0.323 e. The third-order valence-corrected chi connectivity index (χ3v) is 9.33. The van der Waals surface area contributed by atoms with Crippen LogP contribution in [0.15, 0.2) is 0 Å². The average Bonchev–Trinajstić information content (AvgIpc) is 3.39. The lowest BCUT2D eigenvalue weighted by atomic mass is 9.46. The van der Waals surface area contributed by atoms with E-state index in [1.54, 1.807) is 4.90 Å². The normalized spacial score (nSPS) is 44.9. The first-order chi connectivity index (χ1) is 14.7. The van der Waals surface area contributed by atoms with Gasteiger partial charge in [-0.15, -0.1) is 0 Å². The molecule has 6 fully saturated rings. The van der Waals surface area contributed by atoms with Crippen molar-refractivity contribution in [2.75, 3.05) is 0 Å². The van der Waals surface area contributed by atoms with Crippen molar-refractivity contribution in [3.63, 3.8) is 0 Å². The second-order valence-corrected chi connectivity index (χ2v) is 11.5. The molecule has 0 aromatic carbocycles. The first-order valence-corrected chi connectivity index (χ1v) is 12.2. The number of nitriles is 1. The lowest BCUT2D eigenvalue weighted by Gasteiger charge is -2.62. The van der Waals surface area contributed by atoms with Crippen molar-refractivity contribution in [1.29, 1.82) is 5.26 Å². The van der Waals surface area contributed by atoms with Gasteiger partial charge in [-0.2, -0.15) is 5.26 Å². The van der Waals surface area contributed by atoms with Crippen LogP contribution in [-0.4, -0.2) is 46.5 Å². The minimum absolute atomic E-state index is 0.0590. The molecule has 5 aliphatic carbocycles. The molecule has 1 saturated heterocycles. The largest absolute Gasteiger partial charge is 0.458 e. The lowest BCUT2D eigenvalue weighted by Crippen LogP contribution is -2.66. The van der Waals surface area contributed by atoms with Crippen molar-refractivity contribution in [3.8, 4) is 6.07 Å². The summed E-state index contributed by atoms with van der Waals surface area (Å²) in [4.78, 5) is 28.2. The molecule has 8 atom stereocenters. The van der Waals surface area contributed by atoms with E-state index >= 15 is 0 Å². The van der Waals surface area contributed by atoms with Crippen LogP contribution in [0.3, 0.4) is 0 Å². The Kier molecular flexibility index (Phi) is 4.91. The van der Waals surface area contributed by atoms with E-state index in [4.69, 9.17) is 16.2 Å². The standard InChI is InChI=1S/C24H36N4O3/c1-3-13(2)19(26)22(30)31-24-9-14-4-15(10-24)8-23(7-14,12-24)20(27)21(29)28-17(11-25)5-16-6-18(16)28/h13-20H,3-10,12,26-27H2,1-2H3/t13-,14?,15?,16-,17+,18+,19-,20-,23?,24?/m1/s1. The highest BCUT2D eigenvalue weighted by molar-refractivity contribution is 5.84. The molecule has 0 aromatic rings. The molecule has 31 heavy (non-hydrogen) atoms. The number of likely N-dealkylation sites (tertiary alicyclic amines) is 1. The third-order valence-electron chi connectivity index (χ3n) is 9.33. The Bertz CT molecular complexity index is 808. The zero-order valence-corrected chi connectivity index (χ0v) is 18.8. The third kappa shape index (κ3) is 3.29. The van der Waals surface area contributed by atoms with Crippen LogP contribution < -0.4 is 11.5 Å². The molecule has 0 radical (unpaired) electrons. The summed E-state index contributed by atoms with van der Waals surface area (Å²) >= 11 is 0. The highest BCUT2D eigenvalue weighted by Gasteiger charge is 2.64. The van der Waals surface area contributed by atoms with E-state index in [2.05, 4.69) is 6.07 Å². The molecular weight excluding hydrogens is 392 g/mol. The number of piperidine rings is 1. The van der Waals surface area contributed by atoms with Crippen LogP contribution in [0.2, 0.25) is 0 Å². The number of carbonyl (C=O) groups is 2. The van der Waals surface area contributed by atoms with Gasteiger partial charge < -0.3 is 21.1 Å². The maximum absolute atomic E-state index is 13.6. The minimum Gasteiger partial charge on any atom is -0.458 e. The fourth-order valence-corrected chi connectivity index (χ4v) is 7.81. The molecule has 6 rings (SSSR count). The predicted octanol–water partition coefficient (Wildman–Crippen LogP) is 2.08. The molecule has 1 aliphatic heterocycles. The van der Waals surface area contributed by atoms with Crippen molar-refractivity contribution >= 4 is 11.9 Å². The van der Waals surface area contributed by atoms with E-state index in [9.17, 15) is 14.9 Å². The monoisotopic (exact) mass is 428 g/mol. The van der Waals surface area contributed by atoms with Gasteiger partial charge in [0.05, 0.1) is 12.1 Å². The Hall–Kier alpha value is -1.65. The van der Waals surface area contributed by atoms with Crippen LogP contribution in [0.5, 0.6) is 0 Å². The van der Waals surface area contributed by atoms with Crippen molar-refractivity contribution < 1.29 is 14.3 Å². The van der Waals surface area contributed by atoms with Crippen LogP contribution in [0.1, 0.15) is 71.6 Å². The molecule has 5 saturated carbocycles. The van der Waals surface area contributed by atoms with Gasteiger partial charge in [0.1, 0.15) is 17.7 Å². The first kappa shape index (κ1) is 21.2. The van der Waals surface area contributed by atoms with E-state index in [-0.39, 0.29) is 35.3 Å². The average molecular weight is 429 g/mol. The second-order valence-electron chi connectivity index (χ2n) is 11.5. The Morgan fingerprint density at radius 1 is 1.16 bits per heavy atom. The topological polar surface area (TPSA) is 122 Å². The fourth-order valence-electron chi connectivity index (χ4n) is 7.81. The zero-order chi connectivity index (χ0) is 22.1. The number of hydrogen-bond donors (Lipinski definition) is 2. The predicted molar refractivity (Wildman–Crippen MR) is 114 cm³/mol. The van der Waals surface area contributed by atoms with Gasteiger partial charge in [-0.05, 0) is 80.5 Å². The van der Waals surface area contributed by atoms with Crippen LogP contribution in [0.4, 0.5) is 0 Å². The highest BCUT2D eigenvalue weighted by atomic mass is 16.6. The van der Waals surface area contributed by atoms with Gasteiger partial charge in [-0.25, -0.2) is 0 Å². The SMILES string of the molecule is CC[C@@H](C)[C@@H](N)C(=O)OC12CC3CC(C1)CC([C@H](N)C(=O)N1[C@H](C#N)C[C@@H]4C[C@@H]41)(C3)C2. The van der Waals surface area contributed by atoms with Gasteiger partial charge in [-0.1, -0.05) is 20.3 Å². The van der Waals surface area contributed by atoms with Crippen LogP contribution >= 0.6 is 0 Å². The van der Waals surface area contributed by atoms with Gasteiger partial charge >= 0.3 is 5.97 Å². The molecule has 2 unspecified atom stereocenters. The Labute approximate surface area is 184 Å². The summed E-state index contributed by atoms with van der Waals surface area (Å²) in [7, 11) is 0. The van der Waals surface area contributed by atoms with Crippen molar-refractivity contribution in [2.45, 2.75) is 101 Å². The number of ether oxygens (including phenoxy) is 1. The number of esters is 1. The summed E-state index contributed by atoms with van der Waals surface area (Å²) in [6.07, 6.45) is 7.97.